The van der Waals surface area contributed by atoms with E-state index in [2.05, 4.69) is 6.58 Å². The molecule has 0 aromatic heterocycles. The third kappa shape index (κ3) is 3.93. The molecule has 1 aromatic rings. The van der Waals surface area contributed by atoms with Crippen LogP contribution in [0, 0.1) is 6.92 Å². The van der Waals surface area contributed by atoms with E-state index in [9.17, 15) is 13.2 Å². The van der Waals surface area contributed by atoms with E-state index < -0.39 is 10.0 Å². The predicted molar refractivity (Wildman–Crippen MR) is 87.1 cm³/mol. The lowest BCUT2D eigenvalue weighted by Gasteiger charge is -2.21. The fourth-order valence-electron chi connectivity index (χ4n) is 2.22. The molecule has 1 aliphatic rings. The molecule has 118 valence electrons. The van der Waals surface area contributed by atoms with Gasteiger partial charge in [0.2, 0.25) is 10.0 Å². The zero-order valence-corrected chi connectivity index (χ0v) is 13.6. The Labute approximate surface area is 132 Å². The summed E-state index contributed by atoms with van der Waals surface area (Å²) in [5, 5.41) is 0. The first-order valence-corrected chi connectivity index (χ1v) is 8.77. The van der Waals surface area contributed by atoms with Gasteiger partial charge in [0.15, 0.2) is 5.78 Å². The van der Waals surface area contributed by atoms with Crippen LogP contribution in [0.15, 0.2) is 53.5 Å². The monoisotopic (exact) mass is 319 g/mol. The van der Waals surface area contributed by atoms with Crippen LogP contribution >= 0.6 is 0 Å². The van der Waals surface area contributed by atoms with Gasteiger partial charge >= 0.3 is 0 Å². The summed E-state index contributed by atoms with van der Waals surface area (Å²) in [6.07, 6.45) is 6.08. The maximum Gasteiger partial charge on any atom is 0.243 e. The first-order chi connectivity index (χ1) is 10.4. The van der Waals surface area contributed by atoms with Crippen molar-refractivity contribution in [1.29, 1.82) is 0 Å². The van der Waals surface area contributed by atoms with E-state index in [1.165, 1.54) is 10.4 Å². The molecule has 2 rings (SSSR count). The highest BCUT2D eigenvalue weighted by atomic mass is 32.2. The topological polar surface area (TPSA) is 54.5 Å². The standard InChI is InChI=1S/C17H21NO3S/c1-3-11-18(13-16(19)12-15-5-4-6-15)22(20,21)17-9-7-14(2)8-10-17/h3,7-10,12H,1,4-6,11,13H2,2H3. The molecule has 0 aliphatic heterocycles. The molecular formula is C17H21NO3S. The lowest BCUT2D eigenvalue weighted by molar-refractivity contribution is -0.114. The smallest absolute Gasteiger partial charge is 0.243 e. The van der Waals surface area contributed by atoms with Crippen LogP contribution in [0.4, 0.5) is 0 Å². The molecule has 4 nitrogen and oxygen atoms in total. The van der Waals surface area contributed by atoms with Crippen molar-refractivity contribution in [3.8, 4) is 0 Å². The average Bonchev–Trinajstić information content (AvgIpc) is 2.43. The van der Waals surface area contributed by atoms with E-state index in [4.69, 9.17) is 0 Å². The van der Waals surface area contributed by atoms with Gasteiger partial charge in [-0.2, -0.15) is 4.31 Å². The Morgan fingerprint density at radius 2 is 1.91 bits per heavy atom. The Bertz CT molecular complexity index is 681. The van der Waals surface area contributed by atoms with Gasteiger partial charge in [0.25, 0.3) is 0 Å². The Balaban J connectivity index is 2.20. The molecule has 0 atom stereocenters. The Morgan fingerprint density at radius 1 is 1.27 bits per heavy atom. The second-order valence-corrected chi connectivity index (χ2v) is 7.46. The Hall–Kier alpha value is -1.72. The summed E-state index contributed by atoms with van der Waals surface area (Å²) in [5.41, 5.74) is 2.09. The number of allylic oxidation sites excluding steroid dienone is 1. The van der Waals surface area contributed by atoms with Crippen LogP contribution in [0.1, 0.15) is 24.8 Å². The number of carbonyl (C=O) groups excluding carboxylic acids is 1. The number of rotatable bonds is 7. The van der Waals surface area contributed by atoms with E-state index in [0.717, 1.165) is 30.4 Å². The number of hydrogen-bond donors (Lipinski definition) is 0. The maximum absolute atomic E-state index is 12.6. The molecule has 1 aromatic carbocycles. The van der Waals surface area contributed by atoms with Gasteiger partial charge in [-0.3, -0.25) is 4.79 Å². The highest BCUT2D eigenvalue weighted by Gasteiger charge is 2.25. The third-order valence-corrected chi connectivity index (χ3v) is 5.51. The molecule has 22 heavy (non-hydrogen) atoms. The van der Waals surface area contributed by atoms with Crippen LogP contribution < -0.4 is 0 Å². The molecule has 1 fully saturated rings. The second kappa shape index (κ2) is 7.03. The lowest BCUT2D eigenvalue weighted by Crippen LogP contribution is -2.35. The summed E-state index contributed by atoms with van der Waals surface area (Å²) in [6.45, 7) is 5.45. The van der Waals surface area contributed by atoms with Gasteiger partial charge in [-0.1, -0.05) is 29.3 Å². The highest BCUT2D eigenvalue weighted by molar-refractivity contribution is 7.89. The minimum absolute atomic E-state index is 0.116. The van der Waals surface area contributed by atoms with E-state index in [-0.39, 0.29) is 23.8 Å². The molecule has 0 amide bonds. The first-order valence-electron chi connectivity index (χ1n) is 7.33. The van der Waals surface area contributed by atoms with Crippen LogP contribution in [-0.2, 0) is 14.8 Å². The van der Waals surface area contributed by atoms with Crippen LogP contribution in [0.2, 0.25) is 0 Å². The van der Waals surface area contributed by atoms with Gasteiger partial charge < -0.3 is 0 Å². The molecule has 5 heteroatoms. The van der Waals surface area contributed by atoms with Crippen LogP contribution in [-0.4, -0.2) is 31.6 Å². The van der Waals surface area contributed by atoms with Crippen molar-refractivity contribution in [1.82, 2.24) is 4.31 Å². The van der Waals surface area contributed by atoms with Gasteiger partial charge in [-0.25, -0.2) is 8.42 Å². The largest absolute Gasteiger partial charge is 0.293 e. The van der Waals surface area contributed by atoms with Crippen molar-refractivity contribution < 1.29 is 13.2 Å². The number of carbonyl (C=O) groups is 1. The van der Waals surface area contributed by atoms with Crippen molar-refractivity contribution in [2.75, 3.05) is 13.1 Å². The number of benzene rings is 1. The van der Waals surface area contributed by atoms with Gasteiger partial charge in [0, 0.05) is 6.54 Å². The van der Waals surface area contributed by atoms with Gasteiger partial charge in [-0.05, 0) is 44.4 Å². The molecule has 0 bridgehead atoms. The Kier molecular flexibility index (Phi) is 5.32. The average molecular weight is 319 g/mol. The van der Waals surface area contributed by atoms with Crippen LogP contribution in [0.25, 0.3) is 0 Å². The van der Waals surface area contributed by atoms with Gasteiger partial charge in [0.1, 0.15) is 0 Å². The van der Waals surface area contributed by atoms with Gasteiger partial charge in [-0.15, -0.1) is 6.58 Å². The van der Waals surface area contributed by atoms with Gasteiger partial charge in [0.05, 0.1) is 11.4 Å². The van der Waals surface area contributed by atoms with Crippen molar-refractivity contribution in [3.05, 3.63) is 54.1 Å². The van der Waals surface area contributed by atoms with Crippen molar-refractivity contribution >= 4 is 15.8 Å². The lowest BCUT2D eigenvalue weighted by atomic mass is 9.91. The summed E-state index contributed by atoms with van der Waals surface area (Å²) >= 11 is 0. The van der Waals surface area contributed by atoms with E-state index in [0.29, 0.717) is 0 Å². The normalized spacial score (nSPS) is 14.5. The predicted octanol–water partition coefficient (Wildman–Crippen LogP) is 2.85. The second-order valence-electron chi connectivity index (χ2n) is 5.52. The molecule has 0 heterocycles. The van der Waals surface area contributed by atoms with Crippen molar-refractivity contribution in [3.63, 3.8) is 0 Å². The Morgan fingerprint density at radius 3 is 2.41 bits per heavy atom. The fourth-order valence-corrected chi connectivity index (χ4v) is 3.60. The third-order valence-electron chi connectivity index (χ3n) is 3.68. The van der Waals surface area contributed by atoms with Crippen LogP contribution in [0.3, 0.4) is 0 Å². The molecule has 0 saturated heterocycles. The molecule has 0 radical (unpaired) electrons. The summed E-state index contributed by atoms with van der Waals surface area (Å²) in [6, 6.07) is 6.62. The quantitative estimate of drug-likeness (QED) is 0.573. The number of nitrogens with zero attached hydrogens (tertiary/aromatic N) is 1. The number of sulfonamides is 1. The molecule has 0 spiro atoms. The van der Waals surface area contributed by atoms with Crippen LogP contribution in [0.5, 0.6) is 0 Å². The van der Waals surface area contributed by atoms with Crippen molar-refractivity contribution in [2.24, 2.45) is 0 Å². The summed E-state index contributed by atoms with van der Waals surface area (Å²) in [7, 11) is -3.69. The maximum atomic E-state index is 12.6. The summed E-state index contributed by atoms with van der Waals surface area (Å²) < 4.78 is 26.5. The van der Waals surface area contributed by atoms with Crippen molar-refractivity contribution in [2.45, 2.75) is 31.1 Å². The fraction of sp³-hybridized carbons (Fsp3) is 0.353. The first kappa shape index (κ1) is 16.6. The minimum Gasteiger partial charge on any atom is -0.293 e. The molecule has 0 N–H and O–H groups in total. The minimum atomic E-state index is -3.69. The molecule has 1 saturated carbocycles. The molecule has 1 aliphatic carbocycles. The molecular weight excluding hydrogens is 298 g/mol. The highest BCUT2D eigenvalue weighted by Crippen LogP contribution is 2.25. The number of aryl methyl sites for hydroxylation is 1. The number of ketones is 1. The van der Waals surface area contributed by atoms with E-state index in [1.807, 2.05) is 6.92 Å². The molecule has 0 unspecified atom stereocenters. The zero-order valence-electron chi connectivity index (χ0n) is 12.8. The van der Waals surface area contributed by atoms with E-state index >= 15 is 0 Å². The summed E-state index contributed by atoms with van der Waals surface area (Å²) in [5.74, 6) is -0.174. The SMILES string of the molecule is C=CCN(CC(=O)C=C1CCC1)S(=O)(=O)c1ccc(C)cc1. The summed E-state index contributed by atoms with van der Waals surface area (Å²) in [4.78, 5) is 12.2. The number of hydrogen-bond acceptors (Lipinski definition) is 3. The zero-order chi connectivity index (χ0) is 16.2. The van der Waals surface area contributed by atoms with E-state index in [1.54, 1.807) is 30.3 Å².